The number of hydrogen-bond acceptors (Lipinski definition) is 5. The monoisotopic (exact) mass is 438 g/mol. The van der Waals surface area contributed by atoms with Gasteiger partial charge < -0.3 is 10.2 Å². The van der Waals surface area contributed by atoms with E-state index in [9.17, 15) is 4.79 Å². The van der Waals surface area contributed by atoms with Crippen LogP contribution in [0.4, 0.5) is 5.82 Å². The molecule has 0 bridgehead atoms. The molecule has 2 aliphatic rings. The minimum Gasteiger partial charge on any atom is -0.357 e. The van der Waals surface area contributed by atoms with Crippen LogP contribution in [0, 0.1) is 5.92 Å². The molecule has 0 aliphatic heterocycles. The van der Waals surface area contributed by atoms with Crippen molar-refractivity contribution in [3.63, 3.8) is 0 Å². The second-order valence-corrected chi connectivity index (χ2v) is 9.84. The minimum atomic E-state index is 0.0282. The van der Waals surface area contributed by atoms with Crippen LogP contribution in [-0.2, 0) is 12.2 Å². The summed E-state index contributed by atoms with van der Waals surface area (Å²) in [6, 6.07) is 10.7. The van der Waals surface area contributed by atoms with Gasteiger partial charge in [0.25, 0.3) is 5.91 Å². The SMILES string of the molecule is CCc1cc(N(C)C2CCCCC2)nc(SCc2ccc(C(=O)NCC3CC3)cc2)n1. The van der Waals surface area contributed by atoms with Crippen molar-refractivity contribution in [2.45, 2.75) is 75.2 Å². The first kappa shape index (κ1) is 22.1. The number of rotatable bonds is 9. The average molecular weight is 439 g/mol. The third kappa shape index (κ3) is 6.22. The zero-order valence-corrected chi connectivity index (χ0v) is 19.6. The molecular weight excluding hydrogens is 404 g/mol. The van der Waals surface area contributed by atoms with Crippen molar-refractivity contribution >= 4 is 23.5 Å². The number of anilines is 1. The second-order valence-electron chi connectivity index (χ2n) is 8.90. The van der Waals surface area contributed by atoms with Gasteiger partial charge in [-0.3, -0.25) is 4.79 Å². The lowest BCUT2D eigenvalue weighted by molar-refractivity contribution is 0.0952. The van der Waals surface area contributed by atoms with Gasteiger partial charge in [-0.2, -0.15) is 0 Å². The molecule has 0 unspecified atom stereocenters. The van der Waals surface area contributed by atoms with Gasteiger partial charge in [-0.05, 0) is 55.7 Å². The molecule has 0 spiro atoms. The number of amides is 1. The molecule has 1 N–H and O–H groups in total. The number of benzene rings is 1. The van der Waals surface area contributed by atoms with Crippen LogP contribution in [0.1, 0.15) is 73.5 Å². The Hall–Kier alpha value is -2.08. The Kier molecular flexibility index (Phi) is 7.49. The Bertz CT molecular complexity index is 876. The fourth-order valence-electron chi connectivity index (χ4n) is 4.10. The third-order valence-corrected chi connectivity index (χ3v) is 7.34. The molecular formula is C25H34N4OS. The van der Waals surface area contributed by atoms with Crippen molar-refractivity contribution in [2.75, 3.05) is 18.5 Å². The van der Waals surface area contributed by atoms with Gasteiger partial charge in [-0.1, -0.05) is 50.1 Å². The molecule has 1 amide bonds. The largest absolute Gasteiger partial charge is 0.357 e. The smallest absolute Gasteiger partial charge is 0.251 e. The van der Waals surface area contributed by atoms with Crippen molar-refractivity contribution in [1.29, 1.82) is 0 Å². The van der Waals surface area contributed by atoms with Crippen molar-refractivity contribution in [3.8, 4) is 0 Å². The van der Waals surface area contributed by atoms with Gasteiger partial charge in [-0.25, -0.2) is 9.97 Å². The maximum Gasteiger partial charge on any atom is 0.251 e. The van der Waals surface area contributed by atoms with E-state index >= 15 is 0 Å². The van der Waals surface area contributed by atoms with Crippen LogP contribution < -0.4 is 10.2 Å². The quantitative estimate of drug-likeness (QED) is 0.429. The lowest BCUT2D eigenvalue weighted by atomic mass is 9.94. The van der Waals surface area contributed by atoms with Crippen LogP contribution in [0.3, 0.4) is 0 Å². The van der Waals surface area contributed by atoms with Gasteiger partial charge >= 0.3 is 0 Å². The molecule has 4 rings (SSSR count). The van der Waals surface area contributed by atoms with E-state index in [1.165, 1.54) is 50.5 Å². The molecule has 1 heterocycles. The molecule has 0 saturated heterocycles. The average Bonchev–Trinajstić information content (AvgIpc) is 3.66. The predicted octanol–water partition coefficient (Wildman–Crippen LogP) is 5.24. The topological polar surface area (TPSA) is 58.1 Å². The van der Waals surface area contributed by atoms with Gasteiger partial charge in [0.15, 0.2) is 5.16 Å². The van der Waals surface area contributed by atoms with Crippen LogP contribution in [0.5, 0.6) is 0 Å². The van der Waals surface area contributed by atoms with Crippen molar-refractivity contribution in [2.24, 2.45) is 5.92 Å². The van der Waals surface area contributed by atoms with Gasteiger partial charge in [0, 0.05) is 42.7 Å². The lowest BCUT2D eigenvalue weighted by Crippen LogP contribution is -2.34. The van der Waals surface area contributed by atoms with E-state index < -0.39 is 0 Å². The van der Waals surface area contributed by atoms with Crippen LogP contribution in [0.15, 0.2) is 35.5 Å². The molecule has 1 aromatic heterocycles. The Morgan fingerprint density at radius 1 is 1.10 bits per heavy atom. The van der Waals surface area contributed by atoms with E-state index in [2.05, 4.69) is 30.3 Å². The molecule has 5 nitrogen and oxygen atoms in total. The van der Waals surface area contributed by atoms with E-state index in [0.29, 0.717) is 12.0 Å². The number of carbonyl (C=O) groups is 1. The normalized spacial score (nSPS) is 16.8. The van der Waals surface area contributed by atoms with Crippen LogP contribution in [-0.4, -0.2) is 35.5 Å². The van der Waals surface area contributed by atoms with E-state index in [-0.39, 0.29) is 5.91 Å². The van der Waals surface area contributed by atoms with E-state index in [4.69, 9.17) is 9.97 Å². The van der Waals surface area contributed by atoms with Gasteiger partial charge in [0.1, 0.15) is 5.82 Å². The minimum absolute atomic E-state index is 0.0282. The van der Waals surface area contributed by atoms with Gasteiger partial charge in [-0.15, -0.1) is 0 Å². The van der Waals surface area contributed by atoms with E-state index in [0.717, 1.165) is 41.0 Å². The third-order valence-electron chi connectivity index (χ3n) is 6.42. The van der Waals surface area contributed by atoms with Crippen molar-refractivity contribution in [1.82, 2.24) is 15.3 Å². The molecule has 2 aromatic rings. The summed E-state index contributed by atoms with van der Waals surface area (Å²) >= 11 is 1.67. The second kappa shape index (κ2) is 10.5. The summed E-state index contributed by atoms with van der Waals surface area (Å²) in [5.74, 6) is 2.56. The highest BCUT2D eigenvalue weighted by Crippen LogP contribution is 2.29. The molecule has 6 heteroatoms. The van der Waals surface area contributed by atoms with E-state index in [1.54, 1.807) is 11.8 Å². The van der Waals surface area contributed by atoms with Crippen LogP contribution in [0.2, 0.25) is 0 Å². The van der Waals surface area contributed by atoms with Gasteiger partial charge in [0.2, 0.25) is 0 Å². The number of nitrogens with one attached hydrogen (secondary N) is 1. The Morgan fingerprint density at radius 3 is 2.52 bits per heavy atom. The highest BCUT2D eigenvalue weighted by atomic mass is 32.2. The number of aromatic nitrogens is 2. The van der Waals surface area contributed by atoms with E-state index in [1.807, 2.05) is 24.3 Å². The van der Waals surface area contributed by atoms with Gasteiger partial charge in [0.05, 0.1) is 0 Å². The van der Waals surface area contributed by atoms with Crippen molar-refractivity contribution < 1.29 is 4.79 Å². The highest BCUT2D eigenvalue weighted by molar-refractivity contribution is 7.98. The fraction of sp³-hybridized carbons (Fsp3) is 0.560. The lowest BCUT2D eigenvalue weighted by Gasteiger charge is -2.32. The molecule has 0 atom stereocenters. The molecule has 0 radical (unpaired) electrons. The fourth-order valence-corrected chi connectivity index (χ4v) is 4.93. The highest BCUT2D eigenvalue weighted by Gasteiger charge is 2.22. The predicted molar refractivity (Wildman–Crippen MR) is 128 cm³/mol. The first-order valence-corrected chi connectivity index (χ1v) is 12.7. The number of aryl methyl sites for hydroxylation is 1. The summed E-state index contributed by atoms with van der Waals surface area (Å²) in [7, 11) is 2.18. The molecule has 31 heavy (non-hydrogen) atoms. The van der Waals surface area contributed by atoms with Crippen LogP contribution >= 0.6 is 11.8 Å². The molecule has 2 aliphatic carbocycles. The summed E-state index contributed by atoms with van der Waals surface area (Å²) in [6.45, 7) is 2.95. The Morgan fingerprint density at radius 2 is 1.84 bits per heavy atom. The Balaban J connectivity index is 1.37. The summed E-state index contributed by atoms with van der Waals surface area (Å²) in [5, 5.41) is 3.86. The number of carbonyl (C=O) groups excluding carboxylic acids is 1. The van der Waals surface area contributed by atoms with Crippen LogP contribution in [0.25, 0.3) is 0 Å². The maximum atomic E-state index is 12.2. The number of thioether (sulfide) groups is 1. The molecule has 1 aromatic carbocycles. The molecule has 2 fully saturated rings. The number of nitrogens with zero attached hydrogens (tertiary/aromatic N) is 3. The summed E-state index contributed by atoms with van der Waals surface area (Å²) < 4.78 is 0. The van der Waals surface area contributed by atoms with Crippen molar-refractivity contribution in [3.05, 3.63) is 47.2 Å². The maximum absolute atomic E-state index is 12.2. The molecule has 2 saturated carbocycles. The summed E-state index contributed by atoms with van der Waals surface area (Å²) in [6.07, 6.45) is 9.90. The zero-order valence-electron chi connectivity index (χ0n) is 18.8. The first-order chi connectivity index (χ1) is 15.1. The zero-order chi connectivity index (χ0) is 21.6. The standard InChI is InChI=1S/C25H34N4OS/c1-3-21-15-23(29(2)22-7-5-4-6-8-22)28-25(27-21)31-17-19-11-13-20(14-12-19)24(30)26-16-18-9-10-18/h11-15,18,22H,3-10,16-17H2,1-2H3,(H,26,30). The summed E-state index contributed by atoms with van der Waals surface area (Å²) in [5.41, 5.74) is 3.00. The Labute approximate surface area is 190 Å². The molecule has 166 valence electrons. The number of hydrogen-bond donors (Lipinski definition) is 1. The summed E-state index contributed by atoms with van der Waals surface area (Å²) in [4.78, 5) is 24.2. The first-order valence-electron chi connectivity index (χ1n) is 11.7.